The van der Waals surface area contributed by atoms with Crippen molar-refractivity contribution in [1.29, 1.82) is 0 Å². The predicted molar refractivity (Wildman–Crippen MR) is 85.6 cm³/mol. The van der Waals surface area contributed by atoms with E-state index >= 15 is 0 Å². The Bertz CT molecular complexity index is 428. The number of aryl methyl sites for hydroxylation is 1. The van der Waals surface area contributed by atoms with Gasteiger partial charge < -0.3 is 14.6 Å². The Hall–Kier alpha value is -0.845. The first kappa shape index (κ1) is 16.5. The summed E-state index contributed by atoms with van der Waals surface area (Å²) >= 11 is 0. The number of piperidine rings is 1. The minimum Gasteiger partial charge on any atom is -0.399 e. The van der Waals surface area contributed by atoms with Crippen LogP contribution in [-0.4, -0.2) is 41.2 Å². The Morgan fingerprint density at radius 3 is 2.00 bits per heavy atom. The highest BCUT2D eigenvalue weighted by molar-refractivity contribution is 6.61. The summed E-state index contributed by atoms with van der Waals surface area (Å²) in [6, 6.07) is 0. The monoisotopic (exact) mass is 293 g/mol. The lowest BCUT2D eigenvalue weighted by Gasteiger charge is -2.32. The Morgan fingerprint density at radius 1 is 1.10 bits per heavy atom. The van der Waals surface area contributed by atoms with Gasteiger partial charge in [0.15, 0.2) is 0 Å². The van der Waals surface area contributed by atoms with E-state index in [1.807, 2.05) is 40.9 Å². The molecule has 1 aromatic heterocycles. The molecule has 5 nitrogen and oxygen atoms in total. The average Bonchev–Trinajstić information content (AvgIpc) is 2.95. The summed E-state index contributed by atoms with van der Waals surface area (Å²) in [7, 11) is 1.58. The molecule has 0 bridgehead atoms. The van der Waals surface area contributed by atoms with Gasteiger partial charge in [-0.05, 0) is 53.6 Å². The van der Waals surface area contributed by atoms with Crippen molar-refractivity contribution in [2.45, 2.75) is 58.2 Å². The first-order chi connectivity index (χ1) is 9.82. The molecule has 1 N–H and O–H groups in total. The third-order valence-electron chi connectivity index (χ3n) is 4.46. The maximum absolute atomic E-state index is 5.89. The van der Waals surface area contributed by atoms with Crippen molar-refractivity contribution in [1.82, 2.24) is 15.1 Å². The number of aromatic nitrogens is 2. The maximum atomic E-state index is 5.89. The molecule has 118 valence electrons. The Labute approximate surface area is 128 Å². The molecule has 0 radical (unpaired) electrons. The van der Waals surface area contributed by atoms with E-state index in [1.54, 1.807) is 10.9 Å². The van der Waals surface area contributed by atoms with E-state index in [1.165, 1.54) is 32.4 Å². The van der Waals surface area contributed by atoms with Crippen LogP contribution >= 0.6 is 0 Å². The molecule has 2 aliphatic rings. The number of rotatable bonds is 1. The highest BCUT2D eigenvalue weighted by Gasteiger charge is 2.52. The highest BCUT2D eigenvalue weighted by atomic mass is 16.7. The van der Waals surface area contributed by atoms with E-state index in [0.29, 0.717) is 0 Å². The summed E-state index contributed by atoms with van der Waals surface area (Å²) in [5.41, 5.74) is 0.400. The van der Waals surface area contributed by atoms with Crippen molar-refractivity contribution < 1.29 is 9.31 Å². The largest absolute Gasteiger partial charge is 0.498 e. The normalized spacial score (nSPS) is 23.6. The Balaban J connectivity index is 0.000000225. The molecular formula is C15H28BN3O2. The van der Waals surface area contributed by atoms with Crippen molar-refractivity contribution in [3.05, 3.63) is 12.4 Å². The zero-order chi connectivity index (χ0) is 15.5. The summed E-state index contributed by atoms with van der Waals surface area (Å²) < 4.78 is 13.5. The molecular weight excluding hydrogens is 265 g/mol. The van der Waals surface area contributed by atoms with Gasteiger partial charge in [-0.2, -0.15) is 5.10 Å². The molecule has 3 heterocycles. The van der Waals surface area contributed by atoms with Gasteiger partial charge in [-0.1, -0.05) is 6.42 Å². The van der Waals surface area contributed by atoms with Gasteiger partial charge >= 0.3 is 7.12 Å². The molecule has 0 aliphatic carbocycles. The van der Waals surface area contributed by atoms with E-state index < -0.39 is 0 Å². The second kappa shape index (κ2) is 6.50. The van der Waals surface area contributed by atoms with Gasteiger partial charge in [0.25, 0.3) is 0 Å². The lowest BCUT2D eigenvalue weighted by Crippen LogP contribution is -2.41. The van der Waals surface area contributed by atoms with E-state index in [0.717, 1.165) is 5.46 Å². The molecule has 0 aromatic carbocycles. The molecule has 2 fully saturated rings. The molecule has 0 saturated carbocycles. The molecule has 0 unspecified atom stereocenters. The summed E-state index contributed by atoms with van der Waals surface area (Å²) in [6.07, 6.45) is 7.91. The molecule has 2 aliphatic heterocycles. The van der Waals surface area contributed by atoms with Gasteiger partial charge in [-0.25, -0.2) is 0 Å². The Kier molecular flexibility index (Phi) is 5.12. The van der Waals surface area contributed by atoms with Crippen LogP contribution in [0.1, 0.15) is 47.0 Å². The molecule has 6 heteroatoms. The van der Waals surface area contributed by atoms with Gasteiger partial charge in [-0.3, -0.25) is 4.68 Å². The maximum Gasteiger partial charge on any atom is 0.498 e. The van der Waals surface area contributed by atoms with Crippen molar-refractivity contribution in [2.75, 3.05) is 13.1 Å². The fourth-order valence-corrected chi connectivity index (χ4v) is 2.34. The van der Waals surface area contributed by atoms with Crippen molar-refractivity contribution in [3.8, 4) is 0 Å². The van der Waals surface area contributed by atoms with Crippen molar-refractivity contribution >= 4 is 12.6 Å². The van der Waals surface area contributed by atoms with Crippen LogP contribution in [0.25, 0.3) is 0 Å². The Morgan fingerprint density at radius 2 is 1.67 bits per heavy atom. The summed E-state index contributed by atoms with van der Waals surface area (Å²) in [4.78, 5) is 0. The first-order valence-electron chi connectivity index (χ1n) is 7.87. The van der Waals surface area contributed by atoms with Gasteiger partial charge in [0, 0.05) is 24.9 Å². The minimum absolute atomic E-state index is 0.284. The molecule has 0 amide bonds. The van der Waals surface area contributed by atoms with Crippen LogP contribution in [0, 0.1) is 0 Å². The predicted octanol–water partition coefficient (Wildman–Crippen LogP) is 1.48. The van der Waals surface area contributed by atoms with Gasteiger partial charge in [0.1, 0.15) is 0 Å². The number of nitrogens with zero attached hydrogens (tertiary/aromatic N) is 2. The second-order valence-electron chi connectivity index (χ2n) is 6.85. The highest BCUT2D eigenvalue weighted by Crippen LogP contribution is 2.36. The second-order valence-corrected chi connectivity index (χ2v) is 6.85. The third-order valence-corrected chi connectivity index (χ3v) is 4.46. The van der Waals surface area contributed by atoms with Crippen LogP contribution in [-0.2, 0) is 16.4 Å². The van der Waals surface area contributed by atoms with Crippen LogP contribution < -0.4 is 10.8 Å². The number of hydrogen-bond acceptors (Lipinski definition) is 4. The number of nitrogens with one attached hydrogen (secondary N) is 1. The van der Waals surface area contributed by atoms with E-state index in [4.69, 9.17) is 9.31 Å². The summed E-state index contributed by atoms with van der Waals surface area (Å²) in [6.45, 7) is 10.7. The van der Waals surface area contributed by atoms with Crippen molar-refractivity contribution in [3.63, 3.8) is 0 Å². The molecule has 0 spiro atoms. The SMILES string of the molecule is C1CCNCC1.Cn1cc(B2OC(C)(C)C(C)(C)O2)cn1. The lowest BCUT2D eigenvalue weighted by atomic mass is 9.82. The smallest absolute Gasteiger partial charge is 0.399 e. The zero-order valence-electron chi connectivity index (χ0n) is 14.0. The third kappa shape index (κ3) is 4.08. The van der Waals surface area contributed by atoms with E-state index in [2.05, 4.69) is 10.4 Å². The van der Waals surface area contributed by atoms with E-state index in [9.17, 15) is 0 Å². The quantitative estimate of drug-likeness (QED) is 0.797. The van der Waals surface area contributed by atoms with Crippen LogP contribution in [0.3, 0.4) is 0 Å². The molecule has 21 heavy (non-hydrogen) atoms. The summed E-state index contributed by atoms with van der Waals surface area (Å²) in [5, 5.41) is 7.40. The van der Waals surface area contributed by atoms with Crippen LogP contribution in [0.15, 0.2) is 12.4 Å². The van der Waals surface area contributed by atoms with Gasteiger partial charge in [0.05, 0.1) is 11.2 Å². The minimum atomic E-state index is -0.302. The first-order valence-corrected chi connectivity index (χ1v) is 7.87. The van der Waals surface area contributed by atoms with Crippen LogP contribution in [0.4, 0.5) is 0 Å². The molecule has 0 atom stereocenters. The van der Waals surface area contributed by atoms with Gasteiger partial charge in [-0.15, -0.1) is 0 Å². The summed E-state index contributed by atoms with van der Waals surface area (Å²) in [5.74, 6) is 0. The van der Waals surface area contributed by atoms with Crippen LogP contribution in [0.5, 0.6) is 0 Å². The standard InChI is InChI=1S/C10H17BN2O2.C5H11N/c1-9(2)10(3,4)15-11(14-9)8-6-12-13(5)7-8;1-2-4-6-5-3-1/h6-7H,1-5H3;6H,1-5H2. The fraction of sp³-hybridized carbons (Fsp3) is 0.800. The topological polar surface area (TPSA) is 48.3 Å². The van der Waals surface area contributed by atoms with Gasteiger partial charge in [0.2, 0.25) is 0 Å². The van der Waals surface area contributed by atoms with E-state index in [-0.39, 0.29) is 18.3 Å². The fourth-order valence-electron chi connectivity index (χ4n) is 2.34. The zero-order valence-corrected chi connectivity index (χ0v) is 14.0. The molecule has 3 rings (SSSR count). The average molecular weight is 293 g/mol. The van der Waals surface area contributed by atoms with Crippen LogP contribution in [0.2, 0.25) is 0 Å². The number of hydrogen-bond donors (Lipinski definition) is 1. The van der Waals surface area contributed by atoms with Crippen molar-refractivity contribution in [2.24, 2.45) is 7.05 Å². The lowest BCUT2D eigenvalue weighted by molar-refractivity contribution is 0.00578. The molecule has 1 aromatic rings. The molecule has 2 saturated heterocycles.